The normalized spacial score (nSPS) is 13.1. The zero-order valence-corrected chi connectivity index (χ0v) is 12.7. The monoisotopic (exact) mass is 294 g/mol. The molecule has 0 radical (unpaired) electrons. The molecule has 1 rings (SSSR count). The molecule has 0 N–H and O–H groups in total. The van der Waals surface area contributed by atoms with Crippen LogP contribution in [0.25, 0.3) is 5.57 Å². The van der Waals surface area contributed by atoms with E-state index in [0.717, 1.165) is 24.1 Å². The van der Waals surface area contributed by atoms with E-state index in [1.54, 1.807) is 6.08 Å². The maximum Gasteiger partial charge on any atom is 0.416 e. The Labute approximate surface area is 124 Å². The minimum absolute atomic E-state index is 0.112. The summed E-state index contributed by atoms with van der Waals surface area (Å²) in [7, 11) is 0. The highest BCUT2D eigenvalue weighted by molar-refractivity contribution is 5.73. The van der Waals surface area contributed by atoms with Gasteiger partial charge in [-0.1, -0.05) is 58.2 Å². The van der Waals surface area contributed by atoms with E-state index in [0.29, 0.717) is 11.1 Å². The Bertz CT molecular complexity index is 537. The molecule has 1 aromatic carbocycles. The van der Waals surface area contributed by atoms with Crippen molar-refractivity contribution in [1.82, 2.24) is 0 Å². The second kappa shape index (κ2) is 6.33. The topological polar surface area (TPSA) is 0 Å². The molecule has 0 aliphatic carbocycles. The largest absolute Gasteiger partial charge is 0.416 e. The number of hydrogen-bond acceptors (Lipinski definition) is 0. The zero-order chi connectivity index (χ0) is 16.3. The van der Waals surface area contributed by atoms with Crippen molar-refractivity contribution in [3.63, 3.8) is 0 Å². The lowest BCUT2D eigenvalue weighted by molar-refractivity contribution is -0.137. The molecule has 0 aromatic heterocycles. The Kier molecular flexibility index (Phi) is 5.21. The lowest BCUT2D eigenvalue weighted by atomic mass is 9.87. The van der Waals surface area contributed by atoms with Gasteiger partial charge in [0.15, 0.2) is 0 Å². The molecule has 0 aliphatic heterocycles. The number of hydrogen-bond donors (Lipinski definition) is 0. The van der Waals surface area contributed by atoms with Crippen LogP contribution >= 0.6 is 0 Å². The van der Waals surface area contributed by atoms with Crippen LogP contribution in [0, 0.1) is 5.41 Å². The van der Waals surface area contributed by atoms with Crippen molar-refractivity contribution in [2.75, 3.05) is 0 Å². The molecular weight excluding hydrogens is 273 g/mol. The van der Waals surface area contributed by atoms with Crippen LogP contribution in [0.5, 0.6) is 0 Å². The molecule has 1 aromatic rings. The molecule has 0 heterocycles. The molecule has 0 fully saturated rings. The summed E-state index contributed by atoms with van der Waals surface area (Å²) in [6.07, 6.45) is 0.158. The van der Waals surface area contributed by atoms with E-state index >= 15 is 0 Å². The molecule has 0 atom stereocenters. The van der Waals surface area contributed by atoms with Gasteiger partial charge >= 0.3 is 6.18 Å². The Hall–Kier alpha value is -1.77. The van der Waals surface area contributed by atoms with Gasteiger partial charge in [-0.3, -0.25) is 0 Å². The van der Waals surface area contributed by atoms with Crippen LogP contribution in [-0.4, -0.2) is 0 Å². The van der Waals surface area contributed by atoms with Crippen molar-refractivity contribution < 1.29 is 13.2 Å². The van der Waals surface area contributed by atoms with E-state index in [-0.39, 0.29) is 5.41 Å². The average Bonchev–Trinajstić information content (AvgIpc) is 2.35. The highest BCUT2D eigenvalue weighted by Crippen LogP contribution is 2.31. The minimum Gasteiger partial charge on any atom is -0.166 e. The van der Waals surface area contributed by atoms with E-state index in [4.69, 9.17) is 0 Å². The molecule has 114 valence electrons. The Morgan fingerprint density at radius 3 is 2.00 bits per heavy atom. The number of allylic oxidation sites excluding steroid dienone is 4. The summed E-state index contributed by atoms with van der Waals surface area (Å²) in [5.41, 5.74) is 1.84. The molecular formula is C18H21F3. The van der Waals surface area contributed by atoms with Crippen LogP contribution < -0.4 is 0 Å². The highest BCUT2D eigenvalue weighted by atomic mass is 19.4. The molecule has 0 saturated heterocycles. The predicted molar refractivity (Wildman–Crippen MR) is 82.8 cm³/mol. The summed E-state index contributed by atoms with van der Waals surface area (Å²) < 4.78 is 37.6. The van der Waals surface area contributed by atoms with Gasteiger partial charge in [-0.2, -0.15) is 13.2 Å². The van der Waals surface area contributed by atoms with Crippen LogP contribution in [0.15, 0.2) is 55.1 Å². The molecule has 0 amide bonds. The summed E-state index contributed by atoms with van der Waals surface area (Å²) in [6.45, 7) is 14.1. The van der Waals surface area contributed by atoms with Crippen LogP contribution in [0.2, 0.25) is 0 Å². The lowest BCUT2D eigenvalue weighted by Crippen LogP contribution is -2.05. The fourth-order valence-electron chi connectivity index (χ4n) is 1.97. The first kappa shape index (κ1) is 17.3. The quantitative estimate of drug-likeness (QED) is 0.574. The molecule has 0 spiro atoms. The average molecular weight is 294 g/mol. The number of rotatable bonds is 4. The van der Waals surface area contributed by atoms with Gasteiger partial charge in [0, 0.05) is 0 Å². The molecule has 3 heteroatoms. The predicted octanol–water partition coefficient (Wildman–Crippen LogP) is 6.27. The van der Waals surface area contributed by atoms with Gasteiger partial charge in [-0.25, -0.2) is 0 Å². The van der Waals surface area contributed by atoms with Gasteiger partial charge in [-0.05, 0) is 40.7 Å². The van der Waals surface area contributed by atoms with Crippen molar-refractivity contribution in [3.8, 4) is 0 Å². The minimum atomic E-state index is -4.31. The van der Waals surface area contributed by atoms with Gasteiger partial charge in [0.1, 0.15) is 0 Å². The van der Waals surface area contributed by atoms with Crippen LogP contribution in [0.1, 0.15) is 38.3 Å². The van der Waals surface area contributed by atoms with Crippen molar-refractivity contribution in [3.05, 3.63) is 66.3 Å². The smallest absolute Gasteiger partial charge is 0.166 e. The Morgan fingerprint density at radius 1 is 1.10 bits per heavy atom. The molecule has 0 saturated carbocycles. The summed E-state index contributed by atoms with van der Waals surface area (Å²) in [4.78, 5) is 0. The number of alkyl halides is 3. The summed E-state index contributed by atoms with van der Waals surface area (Å²) in [6, 6.07) is 5.04. The van der Waals surface area contributed by atoms with Crippen molar-refractivity contribution in [2.45, 2.75) is 33.4 Å². The standard InChI is InChI=1S/C18H21F3/c1-6-14(12-17(3,4)5)11-13(2)15-7-9-16(10-8-15)18(19,20)21/h6-11H,1-2,12H2,3-5H3/b14-11+. The van der Waals surface area contributed by atoms with E-state index in [2.05, 4.69) is 33.9 Å². The fourth-order valence-corrected chi connectivity index (χ4v) is 1.97. The number of halogens is 3. The van der Waals surface area contributed by atoms with Crippen molar-refractivity contribution in [1.29, 1.82) is 0 Å². The van der Waals surface area contributed by atoms with E-state index < -0.39 is 11.7 Å². The Morgan fingerprint density at radius 2 is 1.62 bits per heavy atom. The van der Waals surface area contributed by atoms with Crippen LogP contribution in [-0.2, 0) is 6.18 Å². The van der Waals surface area contributed by atoms with Crippen molar-refractivity contribution in [2.24, 2.45) is 5.41 Å². The van der Waals surface area contributed by atoms with Crippen LogP contribution in [0.4, 0.5) is 13.2 Å². The highest BCUT2D eigenvalue weighted by Gasteiger charge is 2.29. The summed E-state index contributed by atoms with van der Waals surface area (Å²) in [5.74, 6) is 0. The Balaban J connectivity index is 2.95. The molecule has 0 nitrogen and oxygen atoms in total. The van der Waals surface area contributed by atoms with E-state index in [1.165, 1.54) is 12.1 Å². The van der Waals surface area contributed by atoms with Crippen molar-refractivity contribution >= 4 is 5.57 Å². The third-order valence-electron chi connectivity index (χ3n) is 2.94. The van der Waals surface area contributed by atoms with Gasteiger partial charge in [-0.15, -0.1) is 0 Å². The first-order valence-electron chi connectivity index (χ1n) is 6.72. The summed E-state index contributed by atoms with van der Waals surface area (Å²) in [5, 5.41) is 0. The lowest BCUT2D eigenvalue weighted by Gasteiger charge is -2.19. The molecule has 0 aliphatic rings. The SMILES string of the molecule is C=C/C(=C\C(=C)c1ccc(C(F)(F)F)cc1)CC(C)(C)C. The fraction of sp³-hybridized carbons (Fsp3) is 0.333. The van der Waals surface area contributed by atoms with Gasteiger partial charge < -0.3 is 0 Å². The van der Waals surface area contributed by atoms with Gasteiger partial charge in [0.25, 0.3) is 0 Å². The number of benzene rings is 1. The second-order valence-corrected chi connectivity index (χ2v) is 6.26. The third-order valence-corrected chi connectivity index (χ3v) is 2.94. The maximum atomic E-state index is 12.5. The molecule has 0 bridgehead atoms. The first-order valence-corrected chi connectivity index (χ1v) is 6.72. The zero-order valence-electron chi connectivity index (χ0n) is 12.7. The third kappa shape index (κ3) is 5.62. The molecule has 0 unspecified atom stereocenters. The molecule has 21 heavy (non-hydrogen) atoms. The maximum absolute atomic E-state index is 12.5. The van der Waals surface area contributed by atoms with Gasteiger partial charge in [0.2, 0.25) is 0 Å². The second-order valence-electron chi connectivity index (χ2n) is 6.26. The van der Waals surface area contributed by atoms with E-state index in [1.807, 2.05) is 6.08 Å². The van der Waals surface area contributed by atoms with E-state index in [9.17, 15) is 13.2 Å². The van der Waals surface area contributed by atoms with Gasteiger partial charge in [0.05, 0.1) is 5.56 Å². The summed E-state index contributed by atoms with van der Waals surface area (Å²) >= 11 is 0. The first-order chi connectivity index (χ1) is 9.53. The van der Waals surface area contributed by atoms with Crippen LogP contribution in [0.3, 0.4) is 0 Å².